The molecule has 1 aromatic carbocycles. The minimum atomic E-state index is 0.725. The SMILES string of the molecule is CCc1cc(Br)cc2nc(C)oc12. The zero-order valence-electron chi connectivity index (χ0n) is 7.60. The highest BCUT2D eigenvalue weighted by Gasteiger charge is 2.07. The van der Waals surface area contributed by atoms with Gasteiger partial charge in [-0.05, 0) is 24.1 Å². The number of halogens is 1. The molecule has 0 amide bonds. The van der Waals surface area contributed by atoms with Crippen molar-refractivity contribution < 1.29 is 4.42 Å². The molecule has 0 saturated heterocycles. The molecule has 0 unspecified atom stereocenters. The Labute approximate surface area is 85.1 Å². The smallest absolute Gasteiger partial charge is 0.192 e. The van der Waals surface area contributed by atoms with Crippen LogP contribution in [0.15, 0.2) is 21.0 Å². The summed E-state index contributed by atoms with van der Waals surface area (Å²) < 4.78 is 6.57. The minimum absolute atomic E-state index is 0.725. The summed E-state index contributed by atoms with van der Waals surface area (Å²) in [5, 5.41) is 0. The Morgan fingerprint density at radius 3 is 2.92 bits per heavy atom. The molecular weight excluding hydrogens is 230 g/mol. The van der Waals surface area contributed by atoms with Crippen molar-refractivity contribution >= 4 is 27.0 Å². The van der Waals surface area contributed by atoms with Crippen LogP contribution in [0.1, 0.15) is 18.4 Å². The van der Waals surface area contributed by atoms with Gasteiger partial charge in [0.25, 0.3) is 0 Å². The van der Waals surface area contributed by atoms with Gasteiger partial charge >= 0.3 is 0 Å². The molecule has 0 spiro atoms. The van der Waals surface area contributed by atoms with Crippen LogP contribution in [0.3, 0.4) is 0 Å². The molecule has 0 aliphatic carbocycles. The summed E-state index contributed by atoms with van der Waals surface area (Å²) >= 11 is 3.45. The monoisotopic (exact) mass is 239 g/mol. The lowest BCUT2D eigenvalue weighted by Gasteiger charge is -1.97. The first-order chi connectivity index (χ1) is 6.20. The summed E-state index contributed by atoms with van der Waals surface area (Å²) in [4.78, 5) is 4.29. The van der Waals surface area contributed by atoms with E-state index in [4.69, 9.17) is 4.42 Å². The summed E-state index contributed by atoms with van der Waals surface area (Å²) in [5.41, 5.74) is 3.05. The van der Waals surface area contributed by atoms with E-state index in [-0.39, 0.29) is 0 Å². The Balaban J connectivity index is 2.80. The topological polar surface area (TPSA) is 26.0 Å². The van der Waals surface area contributed by atoms with E-state index >= 15 is 0 Å². The second kappa shape index (κ2) is 3.14. The van der Waals surface area contributed by atoms with Gasteiger partial charge in [0.2, 0.25) is 0 Å². The number of nitrogens with zero attached hydrogens (tertiary/aromatic N) is 1. The molecule has 0 aliphatic heterocycles. The molecule has 1 aromatic heterocycles. The van der Waals surface area contributed by atoms with Crippen molar-refractivity contribution in [2.45, 2.75) is 20.3 Å². The van der Waals surface area contributed by atoms with Crippen LogP contribution in [0.4, 0.5) is 0 Å². The van der Waals surface area contributed by atoms with Gasteiger partial charge in [-0.15, -0.1) is 0 Å². The van der Waals surface area contributed by atoms with Crippen molar-refractivity contribution in [2.75, 3.05) is 0 Å². The molecule has 2 nitrogen and oxygen atoms in total. The van der Waals surface area contributed by atoms with Crippen LogP contribution in [0.5, 0.6) is 0 Å². The van der Waals surface area contributed by atoms with Gasteiger partial charge in [-0.25, -0.2) is 4.98 Å². The van der Waals surface area contributed by atoms with Gasteiger partial charge in [-0.3, -0.25) is 0 Å². The van der Waals surface area contributed by atoms with E-state index in [1.165, 1.54) is 5.56 Å². The Morgan fingerprint density at radius 2 is 2.23 bits per heavy atom. The maximum atomic E-state index is 5.51. The van der Waals surface area contributed by atoms with Crippen LogP contribution in [-0.2, 0) is 6.42 Å². The van der Waals surface area contributed by atoms with Crippen LogP contribution in [-0.4, -0.2) is 4.98 Å². The van der Waals surface area contributed by atoms with Crippen molar-refractivity contribution in [3.63, 3.8) is 0 Å². The summed E-state index contributed by atoms with van der Waals surface area (Å²) in [7, 11) is 0. The predicted molar refractivity (Wildman–Crippen MR) is 55.8 cm³/mol. The van der Waals surface area contributed by atoms with E-state index in [9.17, 15) is 0 Å². The summed E-state index contributed by atoms with van der Waals surface area (Å²) in [5.74, 6) is 0.725. The van der Waals surface area contributed by atoms with Gasteiger partial charge in [-0.2, -0.15) is 0 Å². The highest BCUT2D eigenvalue weighted by molar-refractivity contribution is 9.10. The first-order valence-corrected chi connectivity index (χ1v) is 5.05. The fraction of sp³-hybridized carbons (Fsp3) is 0.300. The first kappa shape index (κ1) is 8.75. The second-order valence-corrected chi connectivity index (χ2v) is 3.92. The van der Waals surface area contributed by atoms with Gasteiger partial charge in [-0.1, -0.05) is 22.9 Å². The van der Waals surface area contributed by atoms with Crippen molar-refractivity contribution in [1.29, 1.82) is 0 Å². The number of aromatic nitrogens is 1. The van der Waals surface area contributed by atoms with Crippen LogP contribution in [0.25, 0.3) is 11.1 Å². The van der Waals surface area contributed by atoms with Crippen molar-refractivity contribution in [3.05, 3.63) is 28.1 Å². The molecule has 13 heavy (non-hydrogen) atoms. The quantitative estimate of drug-likeness (QED) is 0.762. The van der Waals surface area contributed by atoms with E-state index in [2.05, 4.69) is 33.9 Å². The molecule has 0 saturated carbocycles. The first-order valence-electron chi connectivity index (χ1n) is 4.26. The number of rotatable bonds is 1. The molecule has 0 fully saturated rings. The van der Waals surface area contributed by atoms with Gasteiger partial charge in [0.1, 0.15) is 5.52 Å². The normalized spacial score (nSPS) is 11.0. The van der Waals surface area contributed by atoms with Crippen LogP contribution in [0.2, 0.25) is 0 Å². The molecule has 1 heterocycles. The van der Waals surface area contributed by atoms with Crippen LogP contribution in [0, 0.1) is 6.92 Å². The lowest BCUT2D eigenvalue weighted by atomic mass is 10.1. The molecular formula is C10H10BrNO. The van der Waals surface area contributed by atoms with Gasteiger partial charge in [0.15, 0.2) is 11.5 Å². The maximum absolute atomic E-state index is 5.51. The van der Waals surface area contributed by atoms with E-state index < -0.39 is 0 Å². The fourth-order valence-corrected chi connectivity index (χ4v) is 1.93. The number of hydrogen-bond acceptors (Lipinski definition) is 2. The Morgan fingerprint density at radius 1 is 1.46 bits per heavy atom. The van der Waals surface area contributed by atoms with Gasteiger partial charge in [0, 0.05) is 11.4 Å². The molecule has 0 radical (unpaired) electrons. The highest BCUT2D eigenvalue weighted by atomic mass is 79.9. The third kappa shape index (κ3) is 1.48. The van der Waals surface area contributed by atoms with Gasteiger partial charge < -0.3 is 4.42 Å². The number of oxazole rings is 1. The summed E-state index contributed by atoms with van der Waals surface area (Å²) in [6, 6.07) is 4.05. The van der Waals surface area contributed by atoms with Crippen molar-refractivity contribution in [3.8, 4) is 0 Å². The summed E-state index contributed by atoms with van der Waals surface area (Å²) in [6.45, 7) is 3.98. The standard InChI is InChI=1S/C10H10BrNO/c1-3-7-4-8(11)5-9-10(7)13-6(2)12-9/h4-5H,3H2,1-2H3. The second-order valence-electron chi connectivity index (χ2n) is 3.00. The molecule has 0 atom stereocenters. The van der Waals surface area contributed by atoms with Gasteiger partial charge in [0.05, 0.1) is 0 Å². The average Bonchev–Trinajstić information content (AvgIpc) is 2.43. The largest absolute Gasteiger partial charge is 0.441 e. The number of benzene rings is 1. The van der Waals surface area contributed by atoms with Crippen molar-refractivity contribution in [1.82, 2.24) is 4.98 Å². The third-order valence-corrected chi connectivity index (χ3v) is 2.48. The Hall–Kier alpha value is -0.830. The Bertz CT molecular complexity index is 447. The highest BCUT2D eigenvalue weighted by Crippen LogP contribution is 2.25. The molecule has 0 aliphatic rings. The lowest BCUT2D eigenvalue weighted by molar-refractivity contribution is 0.558. The lowest BCUT2D eigenvalue weighted by Crippen LogP contribution is -1.81. The molecule has 3 heteroatoms. The van der Waals surface area contributed by atoms with E-state index in [0.29, 0.717) is 0 Å². The van der Waals surface area contributed by atoms with E-state index in [1.54, 1.807) is 0 Å². The zero-order chi connectivity index (χ0) is 9.42. The number of fused-ring (bicyclic) bond motifs is 1. The van der Waals surface area contributed by atoms with Crippen LogP contribution >= 0.6 is 15.9 Å². The molecule has 2 aromatic rings. The minimum Gasteiger partial charge on any atom is -0.441 e. The van der Waals surface area contributed by atoms with E-state index in [0.717, 1.165) is 27.9 Å². The van der Waals surface area contributed by atoms with Crippen molar-refractivity contribution in [2.24, 2.45) is 0 Å². The molecule has 0 bridgehead atoms. The van der Waals surface area contributed by atoms with Crippen LogP contribution < -0.4 is 0 Å². The molecule has 0 N–H and O–H groups in total. The Kier molecular flexibility index (Phi) is 2.12. The molecule has 68 valence electrons. The number of hydrogen-bond donors (Lipinski definition) is 0. The predicted octanol–water partition coefficient (Wildman–Crippen LogP) is 3.46. The summed E-state index contributed by atoms with van der Waals surface area (Å²) in [6.07, 6.45) is 0.963. The average molecular weight is 240 g/mol. The van der Waals surface area contributed by atoms with E-state index in [1.807, 2.05) is 13.0 Å². The third-order valence-electron chi connectivity index (χ3n) is 2.02. The fourth-order valence-electron chi connectivity index (χ4n) is 1.44. The molecule has 2 rings (SSSR count). The maximum Gasteiger partial charge on any atom is 0.192 e. The zero-order valence-corrected chi connectivity index (χ0v) is 9.18. The number of aryl methyl sites for hydroxylation is 2.